The number of halogens is 2. The average molecular weight is 477 g/mol. The summed E-state index contributed by atoms with van der Waals surface area (Å²) in [6.45, 7) is 1.61. The summed E-state index contributed by atoms with van der Waals surface area (Å²) in [6, 6.07) is 12.6. The van der Waals surface area contributed by atoms with Crippen molar-refractivity contribution in [3.63, 3.8) is 0 Å². The normalized spacial score (nSPS) is 14.1. The number of nitrogens with zero attached hydrogens (tertiary/aromatic N) is 2. The highest BCUT2D eigenvalue weighted by Gasteiger charge is 2.29. The number of hydrogen-bond donors (Lipinski definition) is 2. The number of ether oxygens (including phenoxy) is 2. The van der Waals surface area contributed by atoms with Crippen LogP contribution in [0.25, 0.3) is 0 Å². The Kier molecular flexibility index (Phi) is 5.90. The van der Waals surface area contributed by atoms with Crippen molar-refractivity contribution in [1.82, 2.24) is 10.3 Å². The van der Waals surface area contributed by atoms with E-state index in [1.807, 2.05) is 0 Å². The molecule has 2 aromatic carbocycles. The Balaban J connectivity index is 1.66. The fourth-order valence-corrected chi connectivity index (χ4v) is 4.40. The fraction of sp³-hybridized carbons (Fsp3) is 0.143. The largest absolute Gasteiger partial charge is 0.481 e. The Labute approximate surface area is 189 Å². The number of benzene rings is 2. The summed E-state index contributed by atoms with van der Waals surface area (Å²) >= 11 is 6.19. The number of guanidine groups is 1. The monoisotopic (exact) mass is 476 g/mol. The molecule has 1 aliphatic heterocycles. The Hall–Kier alpha value is -3.37. The molecule has 4 rings (SSSR count). The molecule has 0 spiro atoms. The van der Waals surface area contributed by atoms with Crippen molar-refractivity contribution in [1.29, 1.82) is 0 Å². The van der Waals surface area contributed by atoms with E-state index in [1.165, 1.54) is 25.3 Å². The predicted octanol–water partition coefficient (Wildman–Crippen LogP) is 4.24. The lowest BCUT2D eigenvalue weighted by Crippen LogP contribution is -2.35. The molecular formula is C21H18ClFN4O4S. The number of rotatable bonds is 5. The van der Waals surface area contributed by atoms with Gasteiger partial charge in [0.2, 0.25) is 11.8 Å². The summed E-state index contributed by atoms with van der Waals surface area (Å²) in [7, 11) is -2.64. The Morgan fingerprint density at radius 2 is 1.94 bits per heavy atom. The number of fused-ring (bicyclic) bond motifs is 1. The Morgan fingerprint density at radius 3 is 2.69 bits per heavy atom. The third kappa shape index (κ3) is 4.46. The molecule has 166 valence electrons. The van der Waals surface area contributed by atoms with E-state index in [1.54, 1.807) is 37.3 Å². The maximum absolute atomic E-state index is 14.1. The van der Waals surface area contributed by atoms with E-state index in [0.717, 1.165) is 0 Å². The van der Waals surface area contributed by atoms with Crippen LogP contribution < -0.4 is 20.1 Å². The third-order valence-corrected chi connectivity index (χ3v) is 6.14. The first-order valence-corrected chi connectivity index (χ1v) is 11.2. The molecule has 2 N–H and O–H groups in total. The van der Waals surface area contributed by atoms with Gasteiger partial charge < -0.3 is 20.1 Å². The van der Waals surface area contributed by atoms with Crippen molar-refractivity contribution in [2.24, 2.45) is 4.40 Å². The number of anilines is 1. The van der Waals surface area contributed by atoms with Crippen LogP contribution in [-0.2, 0) is 16.6 Å². The molecule has 0 saturated heterocycles. The van der Waals surface area contributed by atoms with Crippen LogP contribution in [0, 0.1) is 12.7 Å². The summed E-state index contributed by atoms with van der Waals surface area (Å²) in [5.74, 6) is 0.161. The van der Waals surface area contributed by atoms with E-state index in [0.29, 0.717) is 16.3 Å². The number of para-hydroxylation sites is 1. The van der Waals surface area contributed by atoms with Gasteiger partial charge in [0.1, 0.15) is 22.1 Å². The second kappa shape index (κ2) is 8.64. The number of aryl methyl sites for hydroxylation is 1. The molecule has 3 aromatic rings. The van der Waals surface area contributed by atoms with E-state index in [4.69, 9.17) is 21.1 Å². The third-order valence-electron chi connectivity index (χ3n) is 4.53. The van der Waals surface area contributed by atoms with E-state index in [-0.39, 0.29) is 40.4 Å². The molecule has 0 amide bonds. The number of hydrogen-bond acceptors (Lipinski definition) is 7. The molecule has 0 fully saturated rings. The lowest BCUT2D eigenvalue weighted by molar-refractivity contribution is 0.393. The van der Waals surface area contributed by atoms with Gasteiger partial charge in [-0.15, -0.1) is 4.40 Å². The van der Waals surface area contributed by atoms with Gasteiger partial charge in [-0.2, -0.15) is 8.42 Å². The standard InChI is InChI=1S/C21H18ClFN4O4S/c1-12-9-17(31-16-6-4-3-5-13(16)22)20-18(10-12)32(28,29)27-21(26-20)24-11-15-14(23)7-8-19(25-15)30-2/h3-10H,11H2,1-2H3,(H2,24,26,27). The zero-order valence-electron chi connectivity index (χ0n) is 17.0. The van der Waals surface area contributed by atoms with Gasteiger partial charge in [0, 0.05) is 6.07 Å². The first-order chi connectivity index (χ1) is 15.3. The number of aromatic nitrogens is 1. The van der Waals surface area contributed by atoms with Crippen molar-refractivity contribution in [2.75, 3.05) is 12.4 Å². The van der Waals surface area contributed by atoms with Crippen molar-refractivity contribution >= 4 is 33.3 Å². The number of nitrogens with one attached hydrogen (secondary N) is 2. The molecule has 0 atom stereocenters. The summed E-state index contributed by atoms with van der Waals surface area (Å²) in [4.78, 5) is 3.97. The molecule has 0 saturated carbocycles. The summed E-state index contributed by atoms with van der Waals surface area (Å²) < 4.78 is 54.4. The van der Waals surface area contributed by atoms with E-state index in [9.17, 15) is 12.8 Å². The number of sulfonamides is 1. The zero-order chi connectivity index (χ0) is 22.9. The van der Waals surface area contributed by atoms with Crippen molar-refractivity contribution in [3.8, 4) is 17.4 Å². The first-order valence-electron chi connectivity index (χ1n) is 9.39. The predicted molar refractivity (Wildman–Crippen MR) is 119 cm³/mol. The highest BCUT2D eigenvalue weighted by molar-refractivity contribution is 7.90. The van der Waals surface area contributed by atoms with Crippen LogP contribution in [0.1, 0.15) is 11.3 Å². The molecule has 0 bridgehead atoms. The molecule has 0 aliphatic carbocycles. The van der Waals surface area contributed by atoms with Crippen LogP contribution in [0.3, 0.4) is 0 Å². The minimum atomic E-state index is -4.05. The lowest BCUT2D eigenvalue weighted by Gasteiger charge is -2.22. The van der Waals surface area contributed by atoms with Crippen molar-refractivity contribution < 1.29 is 22.3 Å². The van der Waals surface area contributed by atoms with Gasteiger partial charge in [0.25, 0.3) is 10.0 Å². The van der Waals surface area contributed by atoms with Gasteiger partial charge in [-0.1, -0.05) is 23.7 Å². The zero-order valence-corrected chi connectivity index (χ0v) is 18.6. The fourth-order valence-electron chi connectivity index (χ4n) is 3.03. The molecule has 1 aliphatic rings. The van der Waals surface area contributed by atoms with Gasteiger partial charge in [-0.3, -0.25) is 0 Å². The van der Waals surface area contributed by atoms with Crippen LogP contribution in [0.4, 0.5) is 10.1 Å². The van der Waals surface area contributed by atoms with Crippen LogP contribution in [0.5, 0.6) is 17.4 Å². The molecule has 0 unspecified atom stereocenters. The summed E-state index contributed by atoms with van der Waals surface area (Å²) in [5.41, 5.74) is 0.881. The molecule has 11 heteroatoms. The van der Waals surface area contributed by atoms with Gasteiger partial charge >= 0.3 is 0 Å². The number of methoxy groups -OCH3 is 1. The topological polar surface area (TPSA) is 102 Å². The van der Waals surface area contributed by atoms with Gasteiger partial charge in [0.15, 0.2) is 5.75 Å². The molecule has 32 heavy (non-hydrogen) atoms. The summed E-state index contributed by atoms with van der Waals surface area (Å²) in [6.07, 6.45) is 0. The minimum Gasteiger partial charge on any atom is -0.481 e. The Bertz CT molecular complexity index is 1330. The minimum absolute atomic E-state index is 0.0356. The van der Waals surface area contributed by atoms with Gasteiger partial charge in [-0.05, 0) is 42.8 Å². The summed E-state index contributed by atoms with van der Waals surface area (Å²) in [5, 5.41) is 6.05. The van der Waals surface area contributed by atoms with E-state index < -0.39 is 15.8 Å². The van der Waals surface area contributed by atoms with Crippen LogP contribution in [-0.4, -0.2) is 26.5 Å². The molecular weight excluding hydrogens is 459 g/mol. The first kappa shape index (κ1) is 21.8. The van der Waals surface area contributed by atoms with Crippen molar-refractivity contribution in [2.45, 2.75) is 18.4 Å². The van der Waals surface area contributed by atoms with E-state index >= 15 is 0 Å². The molecule has 8 nitrogen and oxygen atoms in total. The Morgan fingerprint density at radius 1 is 1.16 bits per heavy atom. The highest BCUT2D eigenvalue weighted by atomic mass is 35.5. The quantitative estimate of drug-likeness (QED) is 0.567. The van der Waals surface area contributed by atoms with E-state index in [2.05, 4.69) is 20.0 Å². The molecule has 2 heterocycles. The van der Waals surface area contributed by atoms with Crippen LogP contribution in [0.15, 0.2) is 57.8 Å². The van der Waals surface area contributed by atoms with Gasteiger partial charge in [0.05, 0.1) is 24.4 Å². The number of pyridine rings is 1. The average Bonchev–Trinajstić information content (AvgIpc) is 2.75. The SMILES string of the molecule is COc1ccc(F)c(CNC2=NS(=O)(=O)c3cc(C)cc(Oc4ccccc4Cl)c3N2)n1. The van der Waals surface area contributed by atoms with Crippen LogP contribution in [0.2, 0.25) is 5.02 Å². The second-order valence-electron chi connectivity index (χ2n) is 6.84. The van der Waals surface area contributed by atoms with Gasteiger partial charge in [-0.25, -0.2) is 9.37 Å². The van der Waals surface area contributed by atoms with Crippen molar-refractivity contribution in [3.05, 3.63) is 70.6 Å². The highest BCUT2D eigenvalue weighted by Crippen LogP contribution is 2.40. The lowest BCUT2D eigenvalue weighted by atomic mass is 10.2. The molecule has 0 radical (unpaired) electrons. The second-order valence-corrected chi connectivity index (χ2v) is 8.82. The maximum atomic E-state index is 14.1. The van der Waals surface area contributed by atoms with Crippen LogP contribution >= 0.6 is 11.6 Å². The smallest absolute Gasteiger partial charge is 0.287 e. The molecule has 1 aromatic heterocycles. The maximum Gasteiger partial charge on any atom is 0.287 e.